The Hall–Kier alpha value is -1.11. The van der Waals surface area contributed by atoms with Crippen molar-refractivity contribution in [3.8, 4) is 0 Å². The Labute approximate surface area is 172 Å². The molecule has 0 aromatic heterocycles. The van der Waals surface area contributed by atoms with E-state index in [2.05, 4.69) is 19.6 Å². The molecule has 4 atom stereocenters. The second-order valence-corrected chi connectivity index (χ2v) is 10.3. The van der Waals surface area contributed by atoms with Crippen LogP contribution in [0.3, 0.4) is 0 Å². The maximum absolute atomic E-state index is 14.5. The van der Waals surface area contributed by atoms with Crippen LogP contribution < -0.4 is 0 Å². The van der Waals surface area contributed by atoms with E-state index in [-0.39, 0.29) is 5.82 Å². The largest absolute Gasteiger partial charge is 0.207 e. The summed E-state index contributed by atoms with van der Waals surface area (Å²) >= 11 is 0. The van der Waals surface area contributed by atoms with Crippen molar-refractivity contribution >= 4 is 0 Å². The Morgan fingerprint density at radius 2 is 1.54 bits per heavy atom. The summed E-state index contributed by atoms with van der Waals surface area (Å²) in [7, 11) is 0. The molecule has 154 valence electrons. The van der Waals surface area contributed by atoms with Gasteiger partial charge in [-0.2, -0.15) is 0 Å². The smallest absolute Gasteiger partial charge is 0.126 e. The van der Waals surface area contributed by atoms with Crippen LogP contribution in [-0.4, -0.2) is 0 Å². The molecule has 0 heterocycles. The number of hydrogen-bond donors (Lipinski definition) is 0. The third-order valence-corrected chi connectivity index (χ3v) is 8.55. The number of rotatable bonds is 5. The van der Waals surface area contributed by atoms with Crippen molar-refractivity contribution in [2.75, 3.05) is 0 Å². The van der Waals surface area contributed by atoms with Crippen LogP contribution >= 0.6 is 0 Å². The van der Waals surface area contributed by atoms with Crippen molar-refractivity contribution < 1.29 is 4.39 Å². The summed E-state index contributed by atoms with van der Waals surface area (Å²) in [5.74, 6) is 5.41. The quantitative estimate of drug-likeness (QED) is 0.452. The number of allylic oxidation sites excluding steroid dienone is 1. The molecular weight excluding hydrogens is 343 g/mol. The monoisotopic (exact) mass is 382 g/mol. The Bertz CT molecular complexity index is 654. The Balaban J connectivity index is 1.33. The van der Waals surface area contributed by atoms with Crippen LogP contribution in [0.15, 0.2) is 30.9 Å². The van der Waals surface area contributed by atoms with Gasteiger partial charge in [0.25, 0.3) is 0 Å². The van der Waals surface area contributed by atoms with Crippen molar-refractivity contribution in [3.63, 3.8) is 0 Å². The highest BCUT2D eigenvalue weighted by Gasteiger charge is 2.38. The number of fused-ring (bicyclic) bond motifs is 1. The summed E-state index contributed by atoms with van der Waals surface area (Å²) in [5.41, 5.74) is 2.10. The first kappa shape index (κ1) is 20.2. The average molecular weight is 383 g/mol. The van der Waals surface area contributed by atoms with Gasteiger partial charge >= 0.3 is 0 Å². The highest BCUT2D eigenvalue weighted by atomic mass is 19.1. The number of benzene rings is 1. The van der Waals surface area contributed by atoms with Crippen LogP contribution in [0.25, 0.3) is 0 Å². The molecule has 4 unspecified atom stereocenters. The Morgan fingerprint density at radius 1 is 0.893 bits per heavy atom. The van der Waals surface area contributed by atoms with E-state index < -0.39 is 0 Å². The fraction of sp³-hybridized carbons (Fsp3) is 0.704. The molecule has 1 aromatic carbocycles. The number of hydrogen-bond acceptors (Lipinski definition) is 0. The van der Waals surface area contributed by atoms with Crippen LogP contribution in [0, 0.1) is 35.4 Å². The lowest BCUT2D eigenvalue weighted by atomic mass is 9.60. The SMILES string of the molecule is C=CCCc1ccc(C2CCC3CC(C4CCC(C)CC4)CCC3C2)cc1F. The molecule has 0 spiro atoms. The van der Waals surface area contributed by atoms with Crippen molar-refractivity contribution in [2.45, 2.75) is 89.9 Å². The van der Waals surface area contributed by atoms with Crippen molar-refractivity contribution in [1.29, 1.82) is 0 Å². The third kappa shape index (κ3) is 4.55. The molecule has 3 saturated carbocycles. The molecule has 0 radical (unpaired) electrons. The van der Waals surface area contributed by atoms with E-state index in [1.165, 1.54) is 69.8 Å². The topological polar surface area (TPSA) is 0 Å². The molecule has 4 rings (SSSR count). The Morgan fingerprint density at radius 3 is 2.25 bits per heavy atom. The van der Waals surface area contributed by atoms with Gasteiger partial charge in [0.15, 0.2) is 0 Å². The van der Waals surface area contributed by atoms with Gasteiger partial charge < -0.3 is 0 Å². The zero-order valence-corrected chi connectivity index (χ0v) is 17.8. The van der Waals surface area contributed by atoms with Gasteiger partial charge in [-0.3, -0.25) is 0 Å². The second kappa shape index (κ2) is 9.14. The zero-order chi connectivity index (χ0) is 19.5. The van der Waals surface area contributed by atoms with Gasteiger partial charge in [0.2, 0.25) is 0 Å². The second-order valence-electron chi connectivity index (χ2n) is 10.3. The van der Waals surface area contributed by atoms with Crippen molar-refractivity contribution in [2.24, 2.45) is 29.6 Å². The summed E-state index contributed by atoms with van der Waals surface area (Å²) in [6.45, 7) is 6.18. The average Bonchev–Trinajstić information content (AvgIpc) is 2.72. The van der Waals surface area contributed by atoms with Crippen LogP contribution in [0.4, 0.5) is 4.39 Å². The molecule has 0 bridgehead atoms. The van der Waals surface area contributed by atoms with Gasteiger partial charge in [-0.25, -0.2) is 4.39 Å². The van der Waals surface area contributed by atoms with E-state index >= 15 is 0 Å². The van der Waals surface area contributed by atoms with Gasteiger partial charge in [0, 0.05) is 0 Å². The predicted molar refractivity (Wildman–Crippen MR) is 117 cm³/mol. The molecule has 28 heavy (non-hydrogen) atoms. The molecular formula is C27H39F. The number of aryl methyl sites for hydroxylation is 1. The maximum Gasteiger partial charge on any atom is 0.126 e. The van der Waals surface area contributed by atoms with E-state index in [1.807, 2.05) is 18.2 Å². The standard InChI is InChI=1S/C27H39F/c1-3-4-5-21-10-11-26(18-27(21)28)25-15-14-23-16-22(12-13-24(23)17-25)20-8-6-19(2)7-9-20/h3,10-11,18-20,22-25H,1,4-9,12-17H2,2H3. The minimum absolute atomic E-state index is 0.00305. The highest BCUT2D eigenvalue weighted by molar-refractivity contribution is 5.28. The molecule has 3 fully saturated rings. The summed E-state index contributed by atoms with van der Waals surface area (Å²) < 4.78 is 14.5. The molecule has 0 amide bonds. The molecule has 1 aromatic rings. The van der Waals surface area contributed by atoms with Crippen LogP contribution in [0.5, 0.6) is 0 Å². The third-order valence-electron chi connectivity index (χ3n) is 8.55. The van der Waals surface area contributed by atoms with Gasteiger partial charge in [0.05, 0.1) is 0 Å². The lowest BCUT2D eigenvalue weighted by Gasteiger charge is -2.45. The molecule has 0 aliphatic heterocycles. The van der Waals surface area contributed by atoms with Gasteiger partial charge in [-0.15, -0.1) is 6.58 Å². The predicted octanol–water partition coefficient (Wildman–Crippen LogP) is 8.07. The first-order chi connectivity index (χ1) is 13.6. The lowest BCUT2D eigenvalue weighted by Crippen LogP contribution is -2.34. The van der Waals surface area contributed by atoms with E-state index in [0.29, 0.717) is 5.92 Å². The molecule has 0 N–H and O–H groups in total. The first-order valence-electron chi connectivity index (χ1n) is 12.0. The zero-order valence-electron chi connectivity index (χ0n) is 17.8. The minimum atomic E-state index is -0.00305. The van der Waals surface area contributed by atoms with E-state index in [4.69, 9.17) is 0 Å². The fourth-order valence-electron chi connectivity index (χ4n) is 6.69. The fourth-order valence-corrected chi connectivity index (χ4v) is 6.69. The number of halogens is 1. The summed E-state index contributed by atoms with van der Waals surface area (Å²) in [4.78, 5) is 0. The minimum Gasteiger partial charge on any atom is -0.207 e. The molecule has 0 saturated heterocycles. The molecule has 3 aliphatic carbocycles. The van der Waals surface area contributed by atoms with Gasteiger partial charge in [0.1, 0.15) is 5.82 Å². The van der Waals surface area contributed by atoms with Gasteiger partial charge in [-0.1, -0.05) is 38.0 Å². The van der Waals surface area contributed by atoms with Crippen LogP contribution in [0.1, 0.15) is 94.6 Å². The molecule has 1 heteroatoms. The van der Waals surface area contributed by atoms with E-state index in [1.54, 1.807) is 0 Å². The maximum atomic E-state index is 14.5. The summed E-state index contributed by atoms with van der Waals surface area (Å²) in [6, 6.07) is 6.08. The highest BCUT2D eigenvalue weighted by Crippen LogP contribution is 2.50. The van der Waals surface area contributed by atoms with E-state index in [0.717, 1.165) is 48.0 Å². The van der Waals surface area contributed by atoms with Crippen LogP contribution in [0.2, 0.25) is 0 Å². The summed E-state index contributed by atoms with van der Waals surface area (Å²) in [5, 5.41) is 0. The van der Waals surface area contributed by atoms with E-state index in [9.17, 15) is 4.39 Å². The van der Waals surface area contributed by atoms with Crippen LogP contribution in [-0.2, 0) is 6.42 Å². The van der Waals surface area contributed by atoms with Crippen molar-refractivity contribution in [1.82, 2.24) is 0 Å². The summed E-state index contributed by atoms with van der Waals surface area (Å²) in [6.07, 6.45) is 17.7. The van der Waals surface area contributed by atoms with Gasteiger partial charge in [-0.05, 0) is 117 Å². The lowest BCUT2D eigenvalue weighted by molar-refractivity contribution is 0.0732. The molecule has 0 nitrogen and oxygen atoms in total. The first-order valence-corrected chi connectivity index (χ1v) is 12.0. The molecule has 3 aliphatic rings. The van der Waals surface area contributed by atoms with Crippen molar-refractivity contribution in [3.05, 3.63) is 47.8 Å². The normalized spacial score (nSPS) is 35.9. The Kier molecular flexibility index (Phi) is 6.59.